The summed E-state index contributed by atoms with van der Waals surface area (Å²) in [5.74, 6) is -1.11. The van der Waals surface area contributed by atoms with Gasteiger partial charge in [-0.2, -0.15) is 0 Å². The second-order valence-electron chi connectivity index (χ2n) is 3.13. The zero-order valence-corrected chi connectivity index (χ0v) is 9.88. The molecule has 0 bridgehead atoms. The summed E-state index contributed by atoms with van der Waals surface area (Å²) in [7, 11) is 0. The van der Waals surface area contributed by atoms with E-state index in [0.717, 1.165) is 16.0 Å². The van der Waals surface area contributed by atoms with Gasteiger partial charge in [0, 0.05) is 6.54 Å². The second kappa shape index (κ2) is 4.95. The van der Waals surface area contributed by atoms with Crippen molar-refractivity contribution in [1.29, 1.82) is 0 Å². The molecule has 0 atom stereocenters. The van der Waals surface area contributed by atoms with Gasteiger partial charge in [-0.05, 0) is 29.1 Å². The summed E-state index contributed by atoms with van der Waals surface area (Å²) in [4.78, 5) is 0.0275. The number of thiophene rings is 1. The molecule has 0 unspecified atom stereocenters. The maximum atomic E-state index is 13.6. The average Bonchev–Trinajstić information content (AvgIpc) is 2.75. The Labute approximate surface area is 100 Å². The lowest BCUT2D eigenvalue weighted by Gasteiger charge is -2.05. The molecule has 0 fully saturated rings. The van der Waals surface area contributed by atoms with E-state index < -0.39 is 11.6 Å². The van der Waals surface area contributed by atoms with Crippen LogP contribution in [0, 0.1) is 11.6 Å². The van der Waals surface area contributed by atoms with Crippen LogP contribution < -0.4 is 5.73 Å². The van der Waals surface area contributed by atoms with Crippen LogP contribution in [-0.2, 0) is 6.54 Å². The molecule has 1 heterocycles. The minimum absolute atomic E-state index is 0.0275. The Morgan fingerprint density at radius 2 is 1.94 bits per heavy atom. The highest BCUT2D eigenvalue weighted by atomic mass is 32.2. The molecule has 84 valence electrons. The summed E-state index contributed by atoms with van der Waals surface area (Å²) in [5.41, 5.74) is 5.80. The molecule has 0 amide bonds. The molecule has 2 N–H and O–H groups in total. The van der Waals surface area contributed by atoms with Gasteiger partial charge < -0.3 is 5.73 Å². The molecule has 5 heteroatoms. The van der Waals surface area contributed by atoms with E-state index in [1.54, 1.807) is 0 Å². The van der Waals surface area contributed by atoms with E-state index in [1.807, 2.05) is 17.5 Å². The summed E-state index contributed by atoms with van der Waals surface area (Å²) in [6.07, 6.45) is 0. The first kappa shape index (κ1) is 11.6. The fourth-order valence-corrected chi connectivity index (χ4v) is 2.97. The van der Waals surface area contributed by atoms with Crippen LogP contribution >= 0.6 is 23.1 Å². The largest absolute Gasteiger partial charge is 0.326 e. The first-order chi connectivity index (χ1) is 7.70. The maximum Gasteiger partial charge on any atom is 0.140 e. The Morgan fingerprint density at radius 3 is 2.44 bits per heavy atom. The molecule has 2 rings (SSSR count). The predicted molar refractivity (Wildman–Crippen MR) is 62.7 cm³/mol. The number of hydrogen-bond donors (Lipinski definition) is 1. The first-order valence-electron chi connectivity index (χ1n) is 4.60. The van der Waals surface area contributed by atoms with Crippen LogP contribution in [0.3, 0.4) is 0 Å². The molecule has 1 aromatic heterocycles. The van der Waals surface area contributed by atoms with Crippen LogP contribution in [0.1, 0.15) is 5.56 Å². The van der Waals surface area contributed by atoms with E-state index in [9.17, 15) is 8.78 Å². The van der Waals surface area contributed by atoms with E-state index in [-0.39, 0.29) is 11.4 Å². The topological polar surface area (TPSA) is 26.0 Å². The monoisotopic (exact) mass is 257 g/mol. The van der Waals surface area contributed by atoms with Crippen LogP contribution in [0.5, 0.6) is 0 Å². The molecule has 0 aliphatic rings. The highest BCUT2D eigenvalue weighted by molar-refractivity contribution is 8.01. The molecule has 0 spiro atoms. The van der Waals surface area contributed by atoms with Crippen molar-refractivity contribution in [2.24, 2.45) is 5.73 Å². The van der Waals surface area contributed by atoms with Gasteiger partial charge >= 0.3 is 0 Å². The van der Waals surface area contributed by atoms with Crippen molar-refractivity contribution in [2.75, 3.05) is 0 Å². The number of halogens is 2. The van der Waals surface area contributed by atoms with Gasteiger partial charge in [-0.15, -0.1) is 11.3 Å². The van der Waals surface area contributed by atoms with Gasteiger partial charge in [-0.3, -0.25) is 0 Å². The fraction of sp³-hybridized carbons (Fsp3) is 0.0909. The van der Waals surface area contributed by atoms with Crippen molar-refractivity contribution < 1.29 is 8.78 Å². The summed E-state index contributed by atoms with van der Waals surface area (Å²) >= 11 is 2.54. The average molecular weight is 257 g/mol. The minimum atomic E-state index is -0.557. The molecule has 0 saturated heterocycles. The third kappa shape index (κ3) is 2.42. The van der Waals surface area contributed by atoms with Crippen molar-refractivity contribution in [3.8, 4) is 0 Å². The molecular weight excluding hydrogens is 248 g/mol. The van der Waals surface area contributed by atoms with Crippen LogP contribution in [0.15, 0.2) is 38.8 Å². The lowest BCUT2D eigenvalue weighted by molar-refractivity contribution is 0.537. The highest BCUT2D eigenvalue weighted by Crippen LogP contribution is 2.35. The van der Waals surface area contributed by atoms with Gasteiger partial charge in [0.05, 0.1) is 9.10 Å². The molecule has 16 heavy (non-hydrogen) atoms. The quantitative estimate of drug-likeness (QED) is 0.908. The number of rotatable bonds is 3. The predicted octanol–water partition coefficient (Wildman–Crippen LogP) is 3.64. The van der Waals surface area contributed by atoms with Crippen molar-refractivity contribution in [3.05, 3.63) is 46.8 Å². The van der Waals surface area contributed by atoms with Crippen LogP contribution in [-0.4, -0.2) is 0 Å². The van der Waals surface area contributed by atoms with Crippen LogP contribution in [0.4, 0.5) is 8.78 Å². The van der Waals surface area contributed by atoms with E-state index in [4.69, 9.17) is 5.73 Å². The van der Waals surface area contributed by atoms with E-state index in [1.165, 1.54) is 23.5 Å². The Bertz CT molecular complexity index is 460. The molecular formula is C11H9F2NS2. The molecule has 2 aromatic rings. The Morgan fingerprint density at radius 1 is 1.25 bits per heavy atom. The lowest BCUT2D eigenvalue weighted by Crippen LogP contribution is -1.99. The lowest BCUT2D eigenvalue weighted by atomic mass is 10.2. The molecule has 1 nitrogen and oxygen atoms in total. The van der Waals surface area contributed by atoms with Gasteiger partial charge in [0.2, 0.25) is 0 Å². The molecule has 0 aliphatic carbocycles. The van der Waals surface area contributed by atoms with Crippen LogP contribution in [0.25, 0.3) is 0 Å². The zero-order valence-electron chi connectivity index (χ0n) is 8.24. The van der Waals surface area contributed by atoms with E-state index >= 15 is 0 Å². The first-order valence-corrected chi connectivity index (χ1v) is 6.29. The summed E-state index contributed by atoms with van der Waals surface area (Å²) in [6, 6.07) is 6.22. The second-order valence-corrected chi connectivity index (χ2v) is 5.39. The zero-order chi connectivity index (χ0) is 11.5. The standard InChI is InChI=1S/C11H9F2NS2/c12-8-4-7(6-14)5-9(13)11(8)16-10-2-1-3-15-10/h1-5H,6,14H2. The summed E-state index contributed by atoms with van der Waals surface area (Å²) < 4.78 is 28.0. The SMILES string of the molecule is NCc1cc(F)c(Sc2cccs2)c(F)c1. The van der Waals surface area contributed by atoms with Gasteiger partial charge in [0.1, 0.15) is 11.6 Å². The summed E-state index contributed by atoms with van der Waals surface area (Å²) in [5, 5.41) is 1.87. The number of hydrogen-bond acceptors (Lipinski definition) is 3. The Hall–Kier alpha value is -0.910. The third-order valence-corrected chi connectivity index (χ3v) is 4.12. The number of nitrogens with two attached hydrogens (primary N) is 1. The van der Waals surface area contributed by atoms with E-state index in [0.29, 0.717) is 5.56 Å². The molecule has 0 saturated carbocycles. The third-order valence-electron chi connectivity index (χ3n) is 1.99. The summed E-state index contributed by atoms with van der Waals surface area (Å²) in [6.45, 7) is 0.137. The minimum Gasteiger partial charge on any atom is -0.326 e. The van der Waals surface area contributed by atoms with Crippen molar-refractivity contribution >= 4 is 23.1 Å². The fourth-order valence-electron chi connectivity index (χ4n) is 1.25. The van der Waals surface area contributed by atoms with Gasteiger partial charge in [0.25, 0.3) is 0 Å². The maximum absolute atomic E-state index is 13.6. The van der Waals surface area contributed by atoms with Gasteiger partial charge in [0.15, 0.2) is 0 Å². The van der Waals surface area contributed by atoms with Crippen molar-refractivity contribution in [2.45, 2.75) is 15.6 Å². The van der Waals surface area contributed by atoms with Crippen molar-refractivity contribution in [1.82, 2.24) is 0 Å². The molecule has 0 aliphatic heterocycles. The van der Waals surface area contributed by atoms with Crippen molar-refractivity contribution in [3.63, 3.8) is 0 Å². The van der Waals surface area contributed by atoms with Crippen LogP contribution in [0.2, 0.25) is 0 Å². The molecule has 0 radical (unpaired) electrons. The Kier molecular flexibility index (Phi) is 3.58. The van der Waals surface area contributed by atoms with Gasteiger partial charge in [-0.25, -0.2) is 8.78 Å². The number of benzene rings is 1. The normalized spacial score (nSPS) is 10.7. The Balaban J connectivity index is 2.34. The molecule has 1 aromatic carbocycles. The van der Waals surface area contributed by atoms with E-state index in [2.05, 4.69) is 0 Å². The smallest absolute Gasteiger partial charge is 0.140 e. The van der Waals surface area contributed by atoms with Gasteiger partial charge in [-0.1, -0.05) is 17.8 Å². The highest BCUT2D eigenvalue weighted by Gasteiger charge is 2.12.